The van der Waals surface area contributed by atoms with Gasteiger partial charge in [0.15, 0.2) is 66.1 Å². The van der Waals surface area contributed by atoms with Gasteiger partial charge in [0.2, 0.25) is 0 Å². The summed E-state index contributed by atoms with van der Waals surface area (Å²) in [6.45, 7) is -13.0. The molecule has 0 spiro atoms. The molecule has 4 saturated heterocycles. The number of aromatic amines is 1. The van der Waals surface area contributed by atoms with Gasteiger partial charge in [0.05, 0.1) is 104 Å². The number of hydrogen-bond acceptors (Lipinski definition) is 38. The van der Waals surface area contributed by atoms with E-state index in [4.69, 9.17) is 137 Å². The molecule has 7 aromatic heterocycles. The highest BCUT2D eigenvalue weighted by Gasteiger charge is 2.53. The minimum absolute atomic E-state index is 0.0161. The second-order valence-corrected chi connectivity index (χ2v) is 30.7. The number of nitrogens with two attached hydrogens (primary N) is 3. The molecule has 0 aliphatic carbocycles. The normalized spacial score (nSPS) is 28.4. The summed E-state index contributed by atoms with van der Waals surface area (Å²) in [4.78, 5) is 96.7. The molecule has 7 unspecified atom stereocenters. The third kappa shape index (κ3) is 17.2. The van der Waals surface area contributed by atoms with E-state index < -0.39 is 143 Å². The quantitative estimate of drug-likeness (QED) is 0.0222. The summed E-state index contributed by atoms with van der Waals surface area (Å²) >= 11 is 16.9. The molecule has 99 heavy (non-hydrogen) atoms. The largest absolute Gasteiger partial charge is 0.780 e. The topological polar surface area (TPSA) is 493 Å². The lowest BCUT2D eigenvalue weighted by Gasteiger charge is -2.36. The second kappa shape index (κ2) is 33.1. The Morgan fingerprint density at radius 3 is 1.41 bits per heavy atom. The van der Waals surface area contributed by atoms with Gasteiger partial charge in [-0.3, -0.25) is 32.6 Å². The zero-order valence-corrected chi connectivity index (χ0v) is 59.0. The highest BCUT2D eigenvalue weighted by molar-refractivity contribution is 8.32. The fraction of sp³-hybridized carbons (Fsp3) is 0.642. The van der Waals surface area contributed by atoms with Gasteiger partial charge in [-0.25, -0.2) is 49.7 Å². The van der Waals surface area contributed by atoms with Crippen LogP contribution in [0.4, 0.5) is 17.5 Å². The van der Waals surface area contributed by atoms with E-state index in [9.17, 15) is 19.4 Å². The van der Waals surface area contributed by atoms with Crippen LogP contribution in [0.25, 0.3) is 33.5 Å². The molecule has 4 fully saturated rings. The number of hydrogen-bond donors (Lipinski definition) is 4. The maximum Gasteiger partial charge on any atom is 0.330 e. The van der Waals surface area contributed by atoms with Gasteiger partial charge in [-0.2, -0.15) is 0 Å². The maximum absolute atomic E-state index is 15.2. The first-order valence-electron chi connectivity index (χ1n) is 30.6. The van der Waals surface area contributed by atoms with E-state index in [1.165, 1.54) is 84.1 Å². The molecule has 18 atom stereocenters. The molecule has 7 N–H and O–H groups in total. The molecule has 11 rings (SSSR count). The highest BCUT2D eigenvalue weighted by atomic mass is 32.7. The number of anilines is 3. The van der Waals surface area contributed by atoms with E-state index in [2.05, 4.69) is 49.8 Å². The molecule has 0 amide bonds. The van der Waals surface area contributed by atoms with E-state index in [1.807, 2.05) is 0 Å². The van der Waals surface area contributed by atoms with Crippen LogP contribution in [-0.2, 0) is 124 Å². The standard InChI is InChI=1S/C53H76N17O23P3S3/c1-7-29-36(39(81-13-9-77-4)51(88-29)69-25-64-34-43(55)58-22-61-46(34)69)91-95(74,98)85-19-31-37(40(82-14-10-78-5)50(89-31)67-17-27(2)48(71)66-53(67)72)93-96(75,99)86-20-32-38(41(83-15-11-79-6)52(90-32)70-26-65-35-44(56)59-23-62-47(35)70)92-94(73,97)84-18-28-16-30(80-12-8-76-3)49(87-28)68-24-63-33-42(54)57-21-60-45(33)68/h17,21-26,28-32,36-41,49-52H,7-16,18-20H2,1-6H3,(H,73,97)(H,74,98)(H,75,99)(H2,54,57,60)(H2,55,58,61)(H2,56,59,62)(H,66,71,72)/p-3/t28-,29+,30?,31+,32+,36-,37-,38-,39?,40?,41?,49+,50+,51+,52+,94?,95?,96?/m0/s1. The Morgan fingerprint density at radius 1 is 0.545 bits per heavy atom. The predicted octanol–water partition coefficient (Wildman–Crippen LogP) is -0.343. The summed E-state index contributed by atoms with van der Waals surface area (Å²) in [5.41, 5.74) is 18.5. The molecular formula is C53H73N17O23P3S3-3. The van der Waals surface area contributed by atoms with Crippen LogP contribution >= 0.6 is 20.2 Å². The predicted molar refractivity (Wildman–Crippen MR) is 348 cm³/mol. The van der Waals surface area contributed by atoms with E-state index in [0.717, 1.165) is 4.57 Å². The summed E-state index contributed by atoms with van der Waals surface area (Å²) in [6.07, 6.45) is -8.69. The van der Waals surface area contributed by atoms with E-state index in [-0.39, 0.29) is 105 Å². The average molecular weight is 1510 g/mol. The zero-order chi connectivity index (χ0) is 70.3. The Labute approximate surface area is 578 Å². The summed E-state index contributed by atoms with van der Waals surface area (Å²) in [5, 5.41) is 0. The summed E-state index contributed by atoms with van der Waals surface area (Å²) in [7, 11) is 5.85. The smallest absolute Gasteiger partial charge is 0.330 e. The first-order valence-corrected chi connectivity index (χ1v) is 38.3. The number of aryl methyl sites for hydroxylation is 1. The third-order valence-corrected chi connectivity index (χ3v) is 20.8. The molecule has 544 valence electrons. The van der Waals surface area contributed by atoms with E-state index in [0.29, 0.717) is 16.8 Å². The first kappa shape index (κ1) is 75.0. The highest BCUT2D eigenvalue weighted by Crippen LogP contribution is 2.54. The second-order valence-electron chi connectivity index (χ2n) is 22.5. The molecule has 11 heterocycles. The number of ether oxygens (including phenoxy) is 12. The van der Waals surface area contributed by atoms with Gasteiger partial charge in [0, 0.05) is 46.6 Å². The van der Waals surface area contributed by atoms with Crippen molar-refractivity contribution in [3.63, 3.8) is 0 Å². The van der Waals surface area contributed by atoms with Crippen molar-refractivity contribution < 1.29 is 98.3 Å². The van der Waals surface area contributed by atoms with Crippen molar-refractivity contribution in [2.45, 2.75) is 119 Å². The van der Waals surface area contributed by atoms with Crippen molar-refractivity contribution in [1.29, 1.82) is 0 Å². The summed E-state index contributed by atoms with van der Waals surface area (Å²) < 4.78 is 130. The number of nitrogen functional groups attached to an aromatic ring is 3. The number of nitrogens with one attached hydrogen (secondary N) is 1. The molecular weight excluding hydrogens is 1430 g/mol. The molecule has 0 saturated carbocycles. The lowest BCUT2D eigenvalue weighted by molar-refractivity contribution is -0.219. The van der Waals surface area contributed by atoms with Gasteiger partial charge in [0.25, 0.3) is 5.56 Å². The lowest BCUT2D eigenvalue weighted by Crippen LogP contribution is -2.42. The number of imidazole rings is 3. The first-order chi connectivity index (χ1) is 47.6. The minimum Gasteiger partial charge on any atom is -0.780 e. The average Bonchev–Trinajstić information content (AvgIpc) is 1.63. The van der Waals surface area contributed by atoms with Crippen LogP contribution in [0.15, 0.2) is 53.7 Å². The van der Waals surface area contributed by atoms with Crippen LogP contribution in [0.3, 0.4) is 0 Å². The summed E-state index contributed by atoms with van der Waals surface area (Å²) in [5.74, 6) is 0.269. The van der Waals surface area contributed by atoms with E-state index in [1.54, 1.807) is 16.1 Å². The molecule has 7 aromatic rings. The Balaban J connectivity index is 0.868. The SMILES string of the molecule is CC[C@H]1O[C@@H](n2cnc3c(N)ncnc32)C(OCCOC)[C@H]1OP([O-])(=S)OC[C@H]1O[C@@H](n2cc(C)c(=O)[nH]c2=O)C(OCCOC)[C@H]1OP(=O)([S-])OC[C@H]1O[C@@H](n2cnc3c(N)ncnc32)C(OCCOC)[C@H]1OP([O-])(=S)OC[C@@H]1CC(OCCOC)[C@H](n2cnc3c(N)ncnc32)O1. The Bertz CT molecular complexity index is 4170. The number of fused-ring (bicyclic) bond motifs is 3. The van der Waals surface area contributed by atoms with Crippen molar-refractivity contribution in [2.24, 2.45) is 0 Å². The molecule has 0 aromatic carbocycles. The zero-order valence-electron chi connectivity index (χ0n) is 53.9. The van der Waals surface area contributed by atoms with Crippen LogP contribution in [-0.4, -0.2) is 236 Å². The molecule has 0 radical (unpaired) electrons. The summed E-state index contributed by atoms with van der Waals surface area (Å²) in [6, 6.07) is 0. The van der Waals surface area contributed by atoms with Gasteiger partial charge in [-0.1, -0.05) is 30.5 Å². The molecule has 40 nitrogen and oxygen atoms in total. The number of methoxy groups -OCH3 is 4. The van der Waals surface area contributed by atoms with Crippen molar-refractivity contribution in [3.05, 3.63) is 70.6 Å². The van der Waals surface area contributed by atoms with Crippen molar-refractivity contribution in [2.75, 3.05) is 118 Å². The number of nitrogens with zero attached hydrogens (tertiary/aromatic N) is 13. The van der Waals surface area contributed by atoms with E-state index >= 15 is 4.57 Å². The van der Waals surface area contributed by atoms with Crippen molar-refractivity contribution >= 4 is 107 Å². The van der Waals surface area contributed by atoms with Crippen LogP contribution < -0.4 is 38.2 Å². The fourth-order valence-corrected chi connectivity index (χ4v) is 15.9. The Hall–Kier alpha value is -5.19. The van der Waals surface area contributed by atoms with Crippen LogP contribution in [0.1, 0.15) is 50.2 Å². The van der Waals surface area contributed by atoms with Gasteiger partial charge < -0.3 is 123 Å². The van der Waals surface area contributed by atoms with Gasteiger partial charge in [0.1, 0.15) is 104 Å². The van der Waals surface area contributed by atoms with Gasteiger partial charge in [-0.05, 0) is 13.3 Å². The molecule has 4 aliphatic heterocycles. The van der Waals surface area contributed by atoms with Crippen LogP contribution in [0, 0.1) is 6.92 Å². The van der Waals surface area contributed by atoms with Crippen molar-refractivity contribution in [3.8, 4) is 0 Å². The minimum atomic E-state index is -5.01. The third-order valence-electron chi connectivity index (χ3n) is 16.2. The molecule has 0 bridgehead atoms. The number of aromatic nitrogens is 14. The Morgan fingerprint density at radius 2 is 0.949 bits per heavy atom. The molecule has 46 heteroatoms. The van der Waals surface area contributed by atoms with Gasteiger partial charge in [-0.15, -0.1) is 0 Å². The monoisotopic (exact) mass is 1500 g/mol. The number of rotatable bonds is 36. The number of H-pyrrole nitrogens is 1. The molecule has 4 aliphatic rings. The van der Waals surface area contributed by atoms with Crippen LogP contribution in [0.5, 0.6) is 0 Å². The maximum atomic E-state index is 15.2. The van der Waals surface area contributed by atoms with Crippen molar-refractivity contribution in [1.82, 2.24) is 68.1 Å². The Kier molecular flexibility index (Phi) is 25.0. The van der Waals surface area contributed by atoms with Crippen LogP contribution in [0.2, 0.25) is 0 Å². The lowest BCUT2D eigenvalue weighted by atomic mass is 10.1. The fourth-order valence-electron chi connectivity index (χ4n) is 11.6. The van der Waals surface area contributed by atoms with Gasteiger partial charge >= 0.3 is 5.69 Å².